The van der Waals surface area contributed by atoms with Crippen molar-refractivity contribution in [1.29, 1.82) is 0 Å². The summed E-state index contributed by atoms with van der Waals surface area (Å²) in [4.78, 5) is 6.63. The molecule has 6 heteroatoms. The van der Waals surface area contributed by atoms with Crippen molar-refractivity contribution in [2.75, 3.05) is 13.1 Å². The first-order valence-corrected chi connectivity index (χ1v) is 9.13. The molecule has 1 saturated heterocycles. The summed E-state index contributed by atoms with van der Waals surface area (Å²) in [6.45, 7) is 6.53. The van der Waals surface area contributed by atoms with Crippen molar-refractivity contribution in [2.24, 2.45) is 11.1 Å². The fourth-order valence-electron chi connectivity index (χ4n) is 2.77. The number of aromatic nitrogens is 1. The van der Waals surface area contributed by atoms with Gasteiger partial charge in [-0.3, -0.25) is 9.88 Å². The summed E-state index contributed by atoms with van der Waals surface area (Å²) in [5, 5.41) is 4.83. The van der Waals surface area contributed by atoms with Gasteiger partial charge in [0, 0.05) is 25.0 Å². The summed E-state index contributed by atoms with van der Waals surface area (Å²) in [5.41, 5.74) is 2.23. The Morgan fingerprint density at radius 3 is 2.76 bits per heavy atom. The molecule has 1 unspecified atom stereocenters. The molecule has 1 aliphatic heterocycles. The number of sulfonamides is 1. The van der Waals surface area contributed by atoms with Gasteiger partial charge in [-0.25, -0.2) is 13.6 Å². The second-order valence-corrected chi connectivity index (χ2v) is 8.19. The van der Waals surface area contributed by atoms with E-state index in [0.29, 0.717) is 18.9 Å². The molecule has 0 amide bonds. The number of nitrogens with zero attached hydrogens (tertiary/aromatic N) is 2. The third kappa shape index (κ3) is 5.05. The second kappa shape index (κ2) is 6.85. The van der Waals surface area contributed by atoms with Crippen molar-refractivity contribution in [1.82, 2.24) is 9.88 Å². The van der Waals surface area contributed by atoms with E-state index >= 15 is 0 Å². The highest BCUT2D eigenvalue weighted by Gasteiger charge is 2.27. The van der Waals surface area contributed by atoms with Gasteiger partial charge in [0.1, 0.15) is 0 Å². The van der Waals surface area contributed by atoms with Gasteiger partial charge in [-0.1, -0.05) is 19.9 Å². The molecule has 1 atom stereocenters. The van der Waals surface area contributed by atoms with Gasteiger partial charge < -0.3 is 0 Å². The average molecular weight is 311 g/mol. The molecule has 2 rings (SSSR count). The van der Waals surface area contributed by atoms with E-state index in [-0.39, 0.29) is 0 Å². The molecule has 2 heterocycles. The number of rotatable bonds is 5. The Morgan fingerprint density at radius 2 is 2.19 bits per heavy atom. The van der Waals surface area contributed by atoms with Crippen LogP contribution < -0.4 is 5.14 Å². The van der Waals surface area contributed by atoms with Crippen LogP contribution in [0.4, 0.5) is 0 Å². The maximum Gasteiger partial charge on any atom is 0.213 e. The molecule has 1 aromatic heterocycles. The van der Waals surface area contributed by atoms with Crippen molar-refractivity contribution in [3.05, 3.63) is 29.6 Å². The van der Waals surface area contributed by atoms with E-state index in [9.17, 15) is 8.42 Å². The summed E-state index contributed by atoms with van der Waals surface area (Å²) in [6, 6.07) is 4.15. The lowest BCUT2D eigenvalue weighted by atomic mass is 10.1. The van der Waals surface area contributed by atoms with E-state index in [1.807, 2.05) is 6.20 Å². The Kier molecular flexibility index (Phi) is 5.35. The van der Waals surface area contributed by atoms with Crippen molar-refractivity contribution in [3.63, 3.8) is 0 Å². The maximum absolute atomic E-state index is 11.5. The molecular formula is C15H25N3O2S. The van der Waals surface area contributed by atoms with Crippen molar-refractivity contribution >= 4 is 10.0 Å². The van der Waals surface area contributed by atoms with Crippen LogP contribution in [-0.2, 0) is 23.0 Å². The summed E-state index contributed by atoms with van der Waals surface area (Å²) in [7, 11) is -3.43. The Bertz CT molecular complexity index is 555. The van der Waals surface area contributed by atoms with E-state index < -0.39 is 15.3 Å². The summed E-state index contributed by atoms with van der Waals surface area (Å²) in [6.07, 6.45) is 4.43. The van der Waals surface area contributed by atoms with Crippen LogP contribution in [0.15, 0.2) is 18.3 Å². The van der Waals surface area contributed by atoms with Gasteiger partial charge in [0.25, 0.3) is 0 Å². The molecule has 21 heavy (non-hydrogen) atoms. The van der Waals surface area contributed by atoms with Crippen LogP contribution in [0.5, 0.6) is 0 Å². The molecular weight excluding hydrogens is 286 g/mol. The fourth-order valence-corrected chi connectivity index (χ4v) is 3.68. The van der Waals surface area contributed by atoms with Crippen molar-refractivity contribution < 1.29 is 8.42 Å². The van der Waals surface area contributed by atoms with Gasteiger partial charge in [-0.15, -0.1) is 0 Å². The molecule has 0 bridgehead atoms. The smallest absolute Gasteiger partial charge is 0.213 e. The predicted octanol–water partition coefficient (Wildman–Crippen LogP) is 1.53. The molecule has 0 radical (unpaired) electrons. The molecule has 1 aliphatic rings. The number of primary sulfonamides is 1. The van der Waals surface area contributed by atoms with Crippen molar-refractivity contribution in [2.45, 2.75) is 44.9 Å². The largest absolute Gasteiger partial charge is 0.298 e. The van der Waals surface area contributed by atoms with Gasteiger partial charge in [-0.05, 0) is 43.4 Å². The topological polar surface area (TPSA) is 76.3 Å². The first-order chi connectivity index (χ1) is 9.84. The van der Waals surface area contributed by atoms with Gasteiger partial charge in [0.2, 0.25) is 10.0 Å². The second-order valence-electron chi connectivity index (χ2n) is 6.34. The van der Waals surface area contributed by atoms with E-state index in [2.05, 4.69) is 35.9 Å². The van der Waals surface area contributed by atoms with E-state index in [4.69, 9.17) is 5.14 Å². The molecule has 0 saturated carbocycles. The number of nitrogens with two attached hydrogens (primary N) is 1. The lowest BCUT2D eigenvalue weighted by Crippen LogP contribution is -2.44. The first-order valence-electron chi connectivity index (χ1n) is 7.52. The van der Waals surface area contributed by atoms with Crippen LogP contribution in [0.1, 0.15) is 37.9 Å². The lowest BCUT2D eigenvalue weighted by Gasteiger charge is -2.31. The highest BCUT2D eigenvalue weighted by Crippen LogP contribution is 2.17. The van der Waals surface area contributed by atoms with E-state index in [1.165, 1.54) is 0 Å². The zero-order chi connectivity index (χ0) is 15.5. The molecule has 2 N–H and O–H groups in total. The number of likely N-dealkylation sites (tertiary alicyclic amines) is 1. The van der Waals surface area contributed by atoms with Crippen LogP contribution >= 0.6 is 0 Å². The van der Waals surface area contributed by atoms with Crippen molar-refractivity contribution in [3.8, 4) is 0 Å². The fraction of sp³-hybridized carbons (Fsp3) is 0.667. The van der Waals surface area contributed by atoms with Gasteiger partial charge >= 0.3 is 0 Å². The van der Waals surface area contributed by atoms with Gasteiger partial charge in [-0.2, -0.15) is 0 Å². The Labute approximate surface area is 127 Å². The molecule has 0 spiro atoms. The summed E-state index contributed by atoms with van der Waals surface area (Å²) >= 11 is 0. The normalized spacial score (nSPS) is 20.9. The molecule has 118 valence electrons. The minimum atomic E-state index is -3.43. The Morgan fingerprint density at radius 1 is 1.43 bits per heavy atom. The van der Waals surface area contributed by atoms with E-state index in [1.54, 1.807) is 0 Å². The maximum atomic E-state index is 11.5. The number of hydrogen-bond donors (Lipinski definition) is 1. The highest BCUT2D eigenvalue weighted by molar-refractivity contribution is 7.89. The predicted molar refractivity (Wildman–Crippen MR) is 84.2 cm³/mol. The molecule has 0 aliphatic carbocycles. The number of piperidine rings is 1. The molecule has 1 aromatic rings. The molecule has 1 fully saturated rings. The zero-order valence-corrected chi connectivity index (χ0v) is 13.6. The number of pyridine rings is 1. The highest BCUT2D eigenvalue weighted by atomic mass is 32.2. The quantitative estimate of drug-likeness (QED) is 0.895. The van der Waals surface area contributed by atoms with Gasteiger partial charge in [0.15, 0.2) is 0 Å². The molecule has 5 nitrogen and oxygen atoms in total. The summed E-state index contributed by atoms with van der Waals surface area (Å²) in [5.74, 6) is 0.598. The third-order valence-corrected chi connectivity index (χ3v) is 5.15. The van der Waals surface area contributed by atoms with Crippen LogP contribution in [0.25, 0.3) is 0 Å². The Hall–Kier alpha value is -0.980. The van der Waals surface area contributed by atoms with Crippen LogP contribution in [0, 0.1) is 5.92 Å². The summed E-state index contributed by atoms with van der Waals surface area (Å²) < 4.78 is 22.9. The Balaban J connectivity index is 1.95. The lowest BCUT2D eigenvalue weighted by molar-refractivity contribution is 0.222. The molecule has 0 aromatic carbocycles. The van der Waals surface area contributed by atoms with Crippen LogP contribution in [-0.4, -0.2) is 36.6 Å². The third-order valence-electron chi connectivity index (χ3n) is 3.84. The van der Waals surface area contributed by atoms with Crippen LogP contribution in [0.3, 0.4) is 0 Å². The average Bonchev–Trinajstić information content (AvgIpc) is 2.40. The van der Waals surface area contributed by atoms with E-state index in [0.717, 1.165) is 37.2 Å². The van der Waals surface area contributed by atoms with Gasteiger partial charge in [0.05, 0.1) is 5.25 Å². The SMILES string of the molecule is CC(C)Cc1ccc(CN2CCCC(S(N)(=O)=O)C2)cn1. The minimum Gasteiger partial charge on any atom is -0.298 e. The first kappa shape index (κ1) is 16.4. The monoisotopic (exact) mass is 311 g/mol. The minimum absolute atomic E-state index is 0.431. The standard InChI is InChI=1S/C15H25N3O2S/c1-12(2)8-14-6-5-13(9-17-14)10-18-7-3-4-15(11-18)21(16,19)20/h5-6,9,12,15H,3-4,7-8,10-11H2,1-2H3,(H2,16,19,20). The number of hydrogen-bond acceptors (Lipinski definition) is 4. The van der Waals surface area contributed by atoms with Crippen LogP contribution in [0.2, 0.25) is 0 Å². The zero-order valence-electron chi connectivity index (χ0n) is 12.8.